The summed E-state index contributed by atoms with van der Waals surface area (Å²) in [5.74, 6) is -2.55. The van der Waals surface area contributed by atoms with Gasteiger partial charge in [-0.05, 0) is 25.0 Å². The number of piperazine rings is 1. The van der Waals surface area contributed by atoms with E-state index in [1.807, 2.05) is 6.07 Å². The van der Waals surface area contributed by atoms with E-state index in [-0.39, 0.29) is 0 Å². The van der Waals surface area contributed by atoms with Crippen molar-refractivity contribution in [3.05, 3.63) is 24.2 Å². The minimum Gasteiger partial charge on any atom is -0.473 e. The van der Waals surface area contributed by atoms with Gasteiger partial charge >= 0.3 is 11.9 Å². The first-order valence-electron chi connectivity index (χ1n) is 8.01. The van der Waals surface area contributed by atoms with Crippen molar-refractivity contribution in [1.29, 1.82) is 0 Å². The van der Waals surface area contributed by atoms with Gasteiger partial charge in [-0.3, -0.25) is 9.80 Å². The molecule has 2 fully saturated rings. The Morgan fingerprint density at radius 1 is 1.09 bits per heavy atom. The summed E-state index contributed by atoms with van der Waals surface area (Å²) in [6.45, 7) is 5.84. The minimum absolute atomic E-state index is 0.890. The molecule has 1 aliphatic heterocycles. The number of carbonyl (C=O) groups is 2. The second-order valence-electron chi connectivity index (χ2n) is 5.94. The van der Waals surface area contributed by atoms with Crippen molar-refractivity contribution in [3.63, 3.8) is 0 Å². The van der Waals surface area contributed by atoms with E-state index in [2.05, 4.69) is 15.9 Å². The highest BCUT2D eigenvalue weighted by atomic mass is 16.4. The van der Waals surface area contributed by atoms with Gasteiger partial charge in [-0.2, -0.15) is 0 Å². The topological polar surface area (TPSA) is 94.2 Å². The first kappa shape index (κ1) is 17.5. The molecule has 2 aliphatic rings. The number of rotatable bonds is 3. The van der Waals surface area contributed by atoms with Gasteiger partial charge in [0.25, 0.3) is 0 Å². The van der Waals surface area contributed by atoms with Crippen LogP contribution in [-0.2, 0) is 16.1 Å². The van der Waals surface area contributed by atoms with Crippen LogP contribution in [0.5, 0.6) is 0 Å². The molecular formula is C16H24N2O5. The summed E-state index contributed by atoms with van der Waals surface area (Å²) in [6.07, 6.45) is 7.51. The molecule has 1 aromatic heterocycles. The molecule has 1 saturated carbocycles. The molecule has 23 heavy (non-hydrogen) atoms. The number of carboxylic acids is 2. The van der Waals surface area contributed by atoms with Gasteiger partial charge in [-0.1, -0.05) is 12.8 Å². The fraction of sp³-hybridized carbons (Fsp3) is 0.625. The summed E-state index contributed by atoms with van der Waals surface area (Å²) >= 11 is 0. The van der Waals surface area contributed by atoms with Crippen LogP contribution in [0.2, 0.25) is 0 Å². The average molecular weight is 324 g/mol. The molecule has 1 saturated heterocycles. The van der Waals surface area contributed by atoms with Gasteiger partial charge in [0, 0.05) is 32.2 Å². The first-order chi connectivity index (χ1) is 11.1. The van der Waals surface area contributed by atoms with Crippen molar-refractivity contribution in [2.75, 3.05) is 26.2 Å². The Bertz CT molecular complexity index is 477. The Balaban J connectivity index is 0.000000277. The second-order valence-corrected chi connectivity index (χ2v) is 5.94. The van der Waals surface area contributed by atoms with E-state index in [0.29, 0.717) is 0 Å². The third-order valence-corrected chi connectivity index (χ3v) is 4.39. The highest BCUT2D eigenvalue weighted by molar-refractivity contribution is 6.27. The fourth-order valence-corrected chi connectivity index (χ4v) is 3.18. The van der Waals surface area contributed by atoms with Crippen LogP contribution >= 0.6 is 0 Å². The molecule has 0 aromatic carbocycles. The van der Waals surface area contributed by atoms with Crippen molar-refractivity contribution in [1.82, 2.24) is 9.80 Å². The van der Waals surface area contributed by atoms with Gasteiger partial charge in [0.2, 0.25) is 0 Å². The minimum atomic E-state index is -1.82. The Labute approximate surface area is 135 Å². The molecule has 7 heteroatoms. The first-order valence-corrected chi connectivity index (χ1v) is 8.01. The van der Waals surface area contributed by atoms with Crippen molar-refractivity contribution in [2.24, 2.45) is 0 Å². The Hall–Kier alpha value is -1.86. The SMILES string of the molecule is O=C(O)C(=O)O.c1coc(CN2CCN(C3CCCC3)CC2)c1. The van der Waals surface area contributed by atoms with E-state index < -0.39 is 11.9 Å². The molecule has 1 aliphatic carbocycles. The predicted octanol–water partition coefficient (Wildman–Crippen LogP) is 1.50. The molecule has 7 nitrogen and oxygen atoms in total. The standard InChI is InChI=1S/C14H22N2O.C2H2O4/c1-2-5-13(4-1)16-9-7-15(8-10-16)12-14-6-3-11-17-14;3-1(4)2(5)6/h3,6,11,13H,1-2,4-5,7-10,12H2;(H,3,4)(H,5,6). The van der Waals surface area contributed by atoms with Gasteiger partial charge < -0.3 is 14.6 Å². The summed E-state index contributed by atoms with van der Waals surface area (Å²) in [5, 5.41) is 14.8. The van der Waals surface area contributed by atoms with Gasteiger partial charge in [0.1, 0.15) is 5.76 Å². The number of furan rings is 1. The number of hydrogen-bond acceptors (Lipinski definition) is 5. The summed E-state index contributed by atoms with van der Waals surface area (Å²) in [4.78, 5) is 23.4. The molecule has 3 rings (SSSR count). The third-order valence-electron chi connectivity index (χ3n) is 4.39. The number of aliphatic carboxylic acids is 2. The van der Waals surface area contributed by atoms with Crippen LogP contribution in [0.25, 0.3) is 0 Å². The lowest BCUT2D eigenvalue weighted by Gasteiger charge is -2.37. The molecule has 128 valence electrons. The lowest BCUT2D eigenvalue weighted by atomic mass is 10.2. The molecule has 2 N–H and O–H groups in total. The van der Waals surface area contributed by atoms with Gasteiger partial charge in [0.05, 0.1) is 12.8 Å². The third kappa shape index (κ3) is 5.69. The van der Waals surface area contributed by atoms with Crippen LogP contribution in [0.1, 0.15) is 31.4 Å². The quantitative estimate of drug-likeness (QED) is 0.814. The molecular weight excluding hydrogens is 300 g/mol. The molecule has 0 spiro atoms. The number of nitrogens with zero attached hydrogens (tertiary/aromatic N) is 2. The van der Waals surface area contributed by atoms with E-state index in [1.165, 1.54) is 51.9 Å². The molecule has 0 amide bonds. The van der Waals surface area contributed by atoms with Crippen LogP contribution in [-0.4, -0.2) is 64.2 Å². The van der Waals surface area contributed by atoms with E-state index >= 15 is 0 Å². The van der Waals surface area contributed by atoms with Crippen LogP contribution in [0.3, 0.4) is 0 Å². The number of carboxylic acid groups (broad SMARTS) is 2. The van der Waals surface area contributed by atoms with Crippen molar-refractivity contribution < 1.29 is 24.2 Å². The van der Waals surface area contributed by atoms with Crippen molar-refractivity contribution in [2.45, 2.75) is 38.3 Å². The maximum absolute atomic E-state index is 9.10. The van der Waals surface area contributed by atoms with Gasteiger partial charge in [-0.15, -0.1) is 0 Å². The average Bonchev–Trinajstić information content (AvgIpc) is 3.21. The van der Waals surface area contributed by atoms with Crippen LogP contribution in [0.15, 0.2) is 22.8 Å². The molecule has 0 bridgehead atoms. The van der Waals surface area contributed by atoms with E-state index in [4.69, 9.17) is 24.2 Å². The zero-order valence-electron chi connectivity index (χ0n) is 13.2. The van der Waals surface area contributed by atoms with Gasteiger partial charge in [0.15, 0.2) is 0 Å². The lowest BCUT2D eigenvalue weighted by molar-refractivity contribution is -0.159. The van der Waals surface area contributed by atoms with E-state index in [0.717, 1.165) is 18.3 Å². The summed E-state index contributed by atoms with van der Waals surface area (Å²) in [6, 6.07) is 4.94. The highest BCUT2D eigenvalue weighted by Crippen LogP contribution is 2.24. The number of hydrogen-bond donors (Lipinski definition) is 2. The summed E-state index contributed by atoms with van der Waals surface area (Å²) in [5.41, 5.74) is 0. The van der Waals surface area contributed by atoms with E-state index in [9.17, 15) is 0 Å². The monoisotopic (exact) mass is 324 g/mol. The smallest absolute Gasteiger partial charge is 0.414 e. The summed E-state index contributed by atoms with van der Waals surface area (Å²) < 4.78 is 5.41. The maximum atomic E-state index is 9.10. The molecule has 1 aromatic rings. The normalized spacial score (nSPS) is 20.0. The molecule has 0 unspecified atom stereocenters. The Morgan fingerprint density at radius 3 is 2.17 bits per heavy atom. The van der Waals surface area contributed by atoms with Crippen LogP contribution in [0.4, 0.5) is 0 Å². The molecule has 2 heterocycles. The van der Waals surface area contributed by atoms with Gasteiger partial charge in [-0.25, -0.2) is 9.59 Å². The fourth-order valence-electron chi connectivity index (χ4n) is 3.18. The molecule has 0 radical (unpaired) electrons. The Kier molecular flexibility index (Phi) is 6.61. The Morgan fingerprint density at radius 2 is 1.70 bits per heavy atom. The van der Waals surface area contributed by atoms with E-state index in [1.54, 1.807) is 6.26 Å². The maximum Gasteiger partial charge on any atom is 0.414 e. The summed E-state index contributed by atoms with van der Waals surface area (Å²) in [7, 11) is 0. The molecule has 0 atom stereocenters. The largest absolute Gasteiger partial charge is 0.473 e. The lowest BCUT2D eigenvalue weighted by Crippen LogP contribution is -2.49. The van der Waals surface area contributed by atoms with Crippen molar-refractivity contribution >= 4 is 11.9 Å². The zero-order chi connectivity index (χ0) is 16.7. The highest BCUT2D eigenvalue weighted by Gasteiger charge is 2.26. The van der Waals surface area contributed by atoms with Crippen LogP contribution < -0.4 is 0 Å². The zero-order valence-corrected chi connectivity index (χ0v) is 13.2. The van der Waals surface area contributed by atoms with Crippen LogP contribution in [0, 0.1) is 0 Å². The second kappa shape index (κ2) is 8.69. The predicted molar refractivity (Wildman–Crippen MR) is 83.1 cm³/mol. The van der Waals surface area contributed by atoms with Crippen molar-refractivity contribution in [3.8, 4) is 0 Å².